The Morgan fingerprint density at radius 2 is 1.94 bits per heavy atom. The van der Waals surface area contributed by atoms with Crippen LogP contribution in [0.1, 0.15) is 46.5 Å². The van der Waals surface area contributed by atoms with Gasteiger partial charge in [-0.1, -0.05) is 6.92 Å². The van der Waals surface area contributed by atoms with Crippen molar-refractivity contribution in [3.8, 4) is 0 Å². The highest BCUT2D eigenvalue weighted by Gasteiger charge is 2.68. The van der Waals surface area contributed by atoms with Crippen molar-refractivity contribution in [2.24, 2.45) is 17.8 Å². The van der Waals surface area contributed by atoms with Gasteiger partial charge in [0.15, 0.2) is 0 Å². The van der Waals surface area contributed by atoms with Gasteiger partial charge in [-0.15, -0.1) is 0 Å². The Balaban J connectivity index is 1.64. The van der Waals surface area contributed by atoms with Gasteiger partial charge in [-0.3, -0.25) is 0 Å². The van der Waals surface area contributed by atoms with Crippen molar-refractivity contribution in [2.75, 3.05) is 0 Å². The smallest absolute Gasteiger partial charge is 0.0978 e. The average Bonchev–Trinajstić information content (AvgIpc) is 3.15. The Hall–Kier alpha value is -0.120. The fourth-order valence-corrected chi connectivity index (χ4v) is 5.16. The molecule has 18 heavy (non-hydrogen) atoms. The van der Waals surface area contributed by atoms with E-state index < -0.39 is 5.60 Å². The Kier molecular flexibility index (Phi) is 2.15. The first kappa shape index (κ1) is 11.7. The lowest BCUT2D eigenvalue weighted by Crippen LogP contribution is -2.53. The van der Waals surface area contributed by atoms with Gasteiger partial charge in [0.1, 0.15) is 0 Å². The van der Waals surface area contributed by atoms with Crippen LogP contribution in [0.3, 0.4) is 0 Å². The molecule has 2 saturated carbocycles. The maximum atomic E-state index is 10.8. The molecule has 0 amide bonds. The molecule has 1 N–H and O–H groups in total. The van der Waals surface area contributed by atoms with Gasteiger partial charge in [0.2, 0.25) is 0 Å². The minimum atomic E-state index is -0.567. The highest BCUT2D eigenvalue weighted by atomic mass is 16.6. The molecule has 0 aromatic carbocycles. The molecule has 102 valence electrons. The van der Waals surface area contributed by atoms with Gasteiger partial charge in [-0.05, 0) is 51.4 Å². The zero-order chi connectivity index (χ0) is 12.7. The van der Waals surface area contributed by atoms with E-state index in [0.717, 1.165) is 12.8 Å². The topological polar surface area (TPSA) is 45.3 Å². The Labute approximate surface area is 109 Å². The Morgan fingerprint density at radius 3 is 2.72 bits per heavy atom. The SMILES string of the molecule is CC1C(C2C(C)(O)CCC3OC32C)CCC2OC21. The van der Waals surface area contributed by atoms with E-state index in [9.17, 15) is 5.11 Å². The molecule has 2 saturated heterocycles. The van der Waals surface area contributed by atoms with Gasteiger partial charge in [0, 0.05) is 5.92 Å². The van der Waals surface area contributed by atoms with Gasteiger partial charge in [0.05, 0.1) is 29.5 Å². The fraction of sp³-hybridized carbons (Fsp3) is 1.00. The van der Waals surface area contributed by atoms with E-state index in [1.807, 2.05) is 6.92 Å². The summed E-state index contributed by atoms with van der Waals surface area (Å²) in [6.45, 7) is 6.54. The lowest BCUT2D eigenvalue weighted by molar-refractivity contribution is -0.0874. The van der Waals surface area contributed by atoms with Crippen LogP contribution in [0.25, 0.3) is 0 Å². The van der Waals surface area contributed by atoms with Gasteiger partial charge < -0.3 is 14.6 Å². The van der Waals surface area contributed by atoms with Crippen LogP contribution in [0.5, 0.6) is 0 Å². The molecule has 0 bridgehead atoms. The molecular weight excluding hydrogens is 228 g/mol. The predicted molar refractivity (Wildman–Crippen MR) is 67.2 cm³/mol. The van der Waals surface area contributed by atoms with Crippen LogP contribution in [-0.4, -0.2) is 34.6 Å². The fourth-order valence-electron chi connectivity index (χ4n) is 5.16. The van der Waals surface area contributed by atoms with E-state index in [2.05, 4.69) is 13.8 Å². The van der Waals surface area contributed by atoms with Crippen LogP contribution in [0.2, 0.25) is 0 Å². The first-order valence-electron chi connectivity index (χ1n) is 7.49. The van der Waals surface area contributed by atoms with E-state index in [1.54, 1.807) is 0 Å². The highest BCUT2D eigenvalue weighted by molar-refractivity contribution is 5.16. The van der Waals surface area contributed by atoms with Crippen LogP contribution in [-0.2, 0) is 9.47 Å². The van der Waals surface area contributed by atoms with Crippen molar-refractivity contribution in [1.82, 2.24) is 0 Å². The van der Waals surface area contributed by atoms with Crippen LogP contribution in [0.4, 0.5) is 0 Å². The predicted octanol–water partition coefficient (Wildman–Crippen LogP) is 2.12. The van der Waals surface area contributed by atoms with Crippen molar-refractivity contribution in [3.63, 3.8) is 0 Å². The molecule has 8 unspecified atom stereocenters. The first-order chi connectivity index (χ1) is 8.43. The molecule has 3 nitrogen and oxygen atoms in total. The van der Waals surface area contributed by atoms with Crippen molar-refractivity contribution in [3.05, 3.63) is 0 Å². The van der Waals surface area contributed by atoms with Crippen molar-refractivity contribution < 1.29 is 14.6 Å². The van der Waals surface area contributed by atoms with Crippen LogP contribution >= 0.6 is 0 Å². The van der Waals surface area contributed by atoms with Crippen molar-refractivity contribution >= 4 is 0 Å². The minimum Gasteiger partial charge on any atom is -0.390 e. The molecular formula is C15H24O3. The summed E-state index contributed by atoms with van der Waals surface area (Å²) in [5.74, 6) is 1.41. The third-order valence-corrected chi connectivity index (χ3v) is 6.21. The number of rotatable bonds is 1. The number of hydrogen-bond donors (Lipinski definition) is 1. The maximum Gasteiger partial charge on any atom is 0.0978 e. The minimum absolute atomic E-state index is 0.0671. The molecule has 4 rings (SSSR count). The summed E-state index contributed by atoms with van der Waals surface area (Å²) >= 11 is 0. The van der Waals surface area contributed by atoms with Crippen molar-refractivity contribution in [2.45, 2.75) is 76.0 Å². The first-order valence-corrected chi connectivity index (χ1v) is 7.49. The summed E-state index contributed by atoms with van der Waals surface area (Å²) in [6, 6.07) is 0. The summed E-state index contributed by atoms with van der Waals surface area (Å²) in [5.41, 5.74) is -0.634. The number of epoxide rings is 2. The number of fused-ring (bicyclic) bond motifs is 2. The average molecular weight is 252 g/mol. The van der Waals surface area contributed by atoms with E-state index in [0.29, 0.717) is 30.1 Å². The molecule has 4 aliphatic rings. The molecule has 8 atom stereocenters. The van der Waals surface area contributed by atoms with Gasteiger partial charge in [-0.2, -0.15) is 0 Å². The largest absolute Gasteiger partial charge is 0.390 e. The summed E-state index contributed by atoms with van der Waals surface area (Å²) in [4.78, 5) is 0. The highest BCUT2D eigenvalue weighted by Crippen LogP contribution is 2.61. The molecule has 2 aliphatic heterocycles. The number of ether oxygens (including phenoxy) is 2. The molecule has 0 radical (unpaired) electrons. The normalized spacial score (nSPS) is 66.0. The second-order valence-corrected chi connectivity index (χ2v) is 7.40. The summed E-state index contributed by atoms with van der Waals surface area (Å²) in [5, 5.41) is 10.8. The Bertz CT molecular complexity index is 375. The van der Waals surface area contributed by atoms with E-state index in [-0.39, 0.29) is 11.5 Å². The third kappa shape index (κ3) is 1.41. The number of hydrogen-bond acceptors (Lipinski definition) is 3. The van der Waals surface area contributed by atoms with E-state index in [1.165, 1.54) is 12.8 Å². The van der Waals surface area contributed by atoms with Gasteiger partial charge in [0.25, 0.3) is 0 Å². The standard InChI is InChI=1S/C15H24O3/c1-8-9(4-5-10-12(8)17-10)13-14(2,16)7-6-11-15(13,3)18-11/h8-13,16H,4-7H2,1-3H3. The molecule has 2 aliphatic carbocycles. The second-order valence-electron chi connectivity index (χ2n) is 7.40. The lowest BCUT2D eigenvalue weighted by Gasteiger charge is -2.46. The molecule has 2 heterocycles. The van der Waals surface area contributed by atoms with Gasteiger partial charge in [-0.25, -0.2) is 0 Å². The molecule has 0 aromatic rings. The second kappa shape index (κ2) is 3.31. The van der Waals surface area contributed by atoms with E-state index >= 15 is 0 Å². The quantitative estimate of drug-likeness (QED) is 0.727. The Morgan fingerprint density at radius 1 is 1.17 bits per heavy atom. The zero-order valence-electron chi connectivity index (χ0n) is 11.6. The number of aliphatic hydroxyl groups is 1. The third-order valence-electron chi connectivity index (χ3n) is 6.21. The van der Waals surface area contributed by atoms with Crippen LogP contribution in [0.15, 0.2) is 0 Å². The van der Waals surface area contributed by atoms with Crippen LogP contribution in [0, 0.1) is 17.8 Å². The summed E-state index contributed by atoms with van der Waals surface area (Å²) < 4.78 is 11.7. The van der Waals surface area contributed by atoms with Gasteiger partial charge >= 0.3 is 0 Å². The zero-order valence-corrected chi connectivity index (χ0v) is 11.6. The molecule has 4 fully saturated rings. The maximum absolute atomic E-state index is 10.8. The lowest BCUT2D eigenvalue weighted by atomic mass is 9.59. The molecule has 3 heteroatoms. The van der Waals surface area contributed by atoms with Crippen LogP contribution < -0.4 is 0 Å². The molecule has 0 aromatic heterocycles. The van der Waals surface area contributed by atoms with E-state index in [4.69, 9.17) is 9.47 Å². The van der Waals surface area contributed by atoms with Crippen molar-refractivity contribution in [1.29, 1.82) is 0 Å². The summed E-state index contributed by atoms with van der Waals surface area (Å²) in [6.07, 6.45) is 5.64. The molecule has 0 spiro atoms. The monoisotopic (exact) mass is 252 g/mol. The summed E-state index contributed by atoms with van der Waals surface area (Å²) in [7, 11) is 0.